The summed E-state index contributed by atoms with van der Waals surface area (Å²) in [6, 6.07) is 0.670. The number of hydrogen-bond acceptors (Lipinski definition) is 3. The fourth-order valence-corrected chi connectivity index (χ4v) is 5.01. The highest BCUT2D eigenvalue weighted by atomic mass is 32.2. The van der Waals surface area contributed by atoms with E-state index in [4.69, 9.17) is 4.99 Å². The van der Waals surface area contributed by atoms with Gasteiger partial charge in [-0.25, -0.2) is 0 Å². The monoisotopic (exact) mass is 266 g/mol. The van der Waals surface area contributed by atoms with Crippen molar-refractivity contribution in [3.8, 4) is 0 Å². The molecule has 1 aliphatic heterocycles. The molecular formula is C15H26N2S. The molecule has 0 aromatic rings. The number of thioether (sulfide) groups is 1. The first kappa shape index (κ1) is 12.8. The Morgan fingerprint density at radius 3 is 2.56 bits per heavy atom. The van der Waals surface area contributed by atoms with Crippen LogP contribution in [0.15, 0.2) is 4.99 Å². The van der Waals surface area contributed by atoms with Gasteiger partial charge >= 0.3 is 0 Å². The number of nitrogens with one attached hydrogen (secondary N) is 1. The van der Waals surface area contributed by atoms with Crippen molar-refractivity contribution >= 4 is 16.9 Å². The SMILES string of the molecule is CC1CCC(NC2=NCC3(CCCC3)CS2)C1C. The predicted octanol–water partition coefficient (Wildman–Crippen LogP) is 3.67. The van der Waals surface area contributed by atoms with E-state index in [9.17, 15) is 0 Å². The maximum atomic E-state index is 4.86. The minimum absolute atomic E-state index is 0.574. The second kappa shape index (κ2) is 5.07. The summed E-state index contributed by atoms with van der Waals surface area (Å²) in [5, 5.41) is 4.95. The summed E-state index contributed by atoms with van der Waals surface area (Å²) in [4.78, 5) is 4.86. The van der Waals surface area contributed by atoms with E-state index in [2.05, 4.69) is 19.2 Å². The highest BCUT2D eigenvalue weighted by Gasteiger charge is 2.37. The van der Waals surface area contributed by atoms with Gasteiger partial charge in [0, 0.05) is 18.3 Å². The van der Waals surface area contributed by atoms with Crippen LogP contribution in [-0.2, 0) is 0 Å². The van der Waals surface area contributed by atoms with Gasteiger partial charge in [-0.2, -0.15) is 0 Å². The minimum atomic E-state index is 0.574. The van der Waals surface area contributed by atoms with E-state index in [0.717, 1.165) is 18.4 Å². The van der Waals surface area contributed by atoms with Crippen LogP contribution in [-0.4, -0.2) is 23.5 Å². The Bertz CT molecular complexity index is 333. The zero-order chi connectivity index (χ0) is 12.6. The van der Waals surface area contributed by atoms with Crippen molar-refractivity contribution < 1.29 is 0 Å². The molecule has 3 aliphatic rings. The Morgan fingerprint density at radius 1 is 1.22 bits per heavy atom. The number of rotatable bonds is 1. The quantitative estimate of drug-likeness (QED) is 0.783. The van der Waals surface area contributed by atoms with E-state index in [1.165, 1.54) is 49.4 Å². The molecule has 18 heavy (non-hydrogen) atoms. The Labute approximate surface area is 115 Å². The first-order valence-electron chi connectivity index (χ1n) is 7.62. The Balaban J connectivity index is 1.57. The number of amidine groups is 1. The molecule has 0 amide bonds. The van der Waals surface area contributed by atoms with Gasteiger partial charge in [0.15, 0.2) is 5.17 Å². The summed E-state index contributed by atoms with van der Waals surface area (Å²) in [6.07, 6.45) is 8.38. The third kappa shape index (κ3) is 2.43. The molecule has 102 valence electrons. The van der Waals surface area contributed by atoms with Crippen molar-refractivity contribution in [2.24, 2.45) is 22.2 Å². The molecule has 0 aromatic heterocycles. The van der Waals surface area contributed by atoms with E-state index in [0.29, 0.717) is 11.5 Å². The summed E-state index contributed by atoms with van der Waals surface area (Å²) < 4.78 is 0. The van der Waals surface area contributed by atoms with Gasteiger partial charge in [-0.15, -0.1) is 0 Å². The first-order chi connectivity index (χ1) is 8.69. The van der Waals surface area contributed by atoms with Gasteiger partial charge in [-0.3, -0.25) is 4.99 Å². The summed E-state index contributed by atoms with van der Waals surface area (Å²) >= 11 is 1.99. The third-order valence-corrected chi connectivity index (χ3v) is 6.79. The molecule has 1 heterocycles. The highest BCUT2D eigenvalue weighted by molar-refractivity contribution is 8.13. The van der Waals surface area contributed by atoms with Crippen LogP contribution in [0.25, 0.3) is 0 Å². The van der Waals surface area contributed by atoms with Gasteiger partial charge in [-0.1, -0.05) is 38.5 Å². The Morgan fingerprint density at radius 2 is 2.00 bits per heavy atom. The Kier molecular flexibility index (Phi) is 3.61. The second-order valence-corrected chi connectivity index (χ2v) is 7.75. The molecule has 1 spiro atoms. The lowest BCUT2D eigenvalue weighted by molar-refractivity contribution is 0.356. The summed E-state index contributed by atoms with van der Waals surface area (Å²) in [6.45, 7) is 5.86. The molecule has 0 aromatic carbocycles. The van der Waals surface area contributed by atoms with E-state index in [1.54, 1.807) is 0 Å². The molecule has 0 radical (unpaired) electrons. The molecule has 2 nitrogen and oxygen atoms in total. The summed E-state index contributed by atoms with van der Waals surface area (Å²) in [7, 11) is 0. The lowest BCUT2D eigenvalue weighted by Crippen LogP contribution is -2.40. The van der Waals surface area contributed by atoms with Crippen LogP contribution in [0, 0.1) is 17.3 Å². The molecule has 3 rings (SSSR count). The van der Waals surface area contributed by atoms with Gasteiger partial charge < -0.3 is 5.32 Å². The van der Waals surface area contributed by atoms with Gasteiger partial charge in [0.2, 0.25) is 0 Å². The fraction of sp³-hybridized carbons (Fsp3) is 0.933. The fourth-order valence-electron chi connectivity index (χ4n) is 3.79. The van der Waals surface area contributed by atoms with Gasteiger partial charge in [0.1, 0.15) is 0 Å². The van der Waals surface area contributed by atoms with E-state index in [-0.39, 0.29) is 0 Å². The average Bonchev–Trinajstić information content (AvgIpc) is 2.95. The smallest absolute Gasteiger partial charge is 0.156 e. The van der Waals surface area contributed by atoms with Crippen LogP contribution in [0.5, 0.6) is 0 Å². The van der Waals surface area contributed by atoms with Gasteiger partial charge in [0.05, 0.1) is 0 Å². The maximum absolute atomic E-state index is 4.86. The van der Waals surface area contributed by atoms with Crippen LogP contribution in [0.3, 0.4) is 0 Å². The highest BCUT2D eigenvalue weighted by Crippen LogP contribution is 2.43. The van der Waals surface area contributed by atoms with Crippen LogP contribution in [0.4, 0.5) is 0 Å². The Hall–Kier alpha value is -0.180. The third-order valence-electron chi connectivity index (χ3n) is 5.51. The molecule has 3 unspecified atom stereocenters. The van der Waals surface area contributed by atoms with E-state index >= 15 is 0 Å². The van der Waals surface area contributed by atoms with Crippen LogP contribution < -0.4 is 5.32 Å². The van der Waals surface area contributed by atoms with Crippen molar-refractivity contribution in [2.45, 2.75) is 58.4 Å². The topological polar surface area (TPSA) is 24.4 Å². The van der Waals surface area contributed by atoms with Crippen molar-refractivity contribution in [3.63, 3.8) is 0 Å². The van der Waals surface area contributed by atoms with Crippen molar-refractivity contribution in [3.05, 3.63) is 0 Å². The molecule has 2 saturated carbocycles. The minimum Gasteiger partial charge on any atom is -0.362 e. The van der Waals surface area contributed by atoms with Crippen LogP contribution in [0.1, 0.15) is 52.4 Å². The second-order valence-electron chi connectivity index (χ2n) is 6.78. The molecule has 2 fully saturated rings. The standard InChI is InChI=1S/C15H26N2S/c1-11-5-6-13(12(11)2)17-14-16-9-15(10-18-14)7-3-4-8-15/h11-13H,3-10H2,1-2H3,(H,16,17). The van der Waals surface area contributed by atoms with Gasteiger partial charge in [-0.05, 0) is 42.9 Å². The average molecular weight is 266 g/mol. The molecule has 3 atom stereocenters. The van der Waals surface area contributed by atoms with Crippen LogP contribution >= 0.6 is 11.8 Å². The molecule has 0 bridgehead atoms. The lowest BCUT2D eigenvalue weighted by atomic mass is 9.89. The molecular weight excluding hydrogens is 240 g/mol. The normalized spacial score (nSPS) is 39.0. The number of aliphatic imine (C=N–C) groups is 1. The number of hydrogen-bond donors (Lipinski definition) is 1. The van der Waals surface area contributed by atoms with E-state index < -0.39 is 0 Å². The zero-order valence-corrected chi connectivity index (χ0v) is 12.6. The van der Waals surface area contributed by atoms with Gasteiger partial charge in [0.25, 0.3) is 0 Å². The molecule has 2 aliphatic carbocycles. The predicted molar refractivity (Wildman–Crippen MR) is 80.1 cm³/mol. The zero-order valence-electron chi connectivity index (χ0n) is 11.7. The molecule has 3 heteroatoms. The largest absolute Gasteiger partial charge is 0.362 e. The van der Waals surface area contributed by atoms with Crippen molar-refractivity contribution in [1.29, 1.82) is 0 Å². The summed E-state index contributed by atoms with van der Waals surface area (Å²) in [5.41, 5.74) is 0.574. The molecule has 1 N–H and O–H groups in total. The molecule has 0 saturated heterocycles. The van der Waals surface area contributed by atoms with Crippen molar-refractivity contribution in [1.82, 2.24) is 5.32 Å². The van der Waals surface area contributed by atoms with E-state index in [1.807, 2.05) is 11.8 Å². The van der Waals surface area contributed by atoms with Crippen LogP contribution in [0.2, 0.25) is 0 Å². The first-order valence-corrected chi connectivity index (χ1v) is 8.61. The number of nitrogens with zero attached hydrogens (tertiary/aromatic N) is 1. The lowest BCUT2D eigenvalue weighted by Gasteiger charge is -2.32. The maximum Gasteiger partial charge on any atom is 0.156 e. The van der Waals surface area contributed by atoms with Crippen molar-refractivity contribution in [2.75, 3.05) is 12.3 Å². The summed E-state index contributed by atoms with van der Waals surface area (Å²) in [5.74, 6) is 2.98.